The van der Waals surface area contributed by atoms with Crippen molar-refractivity contribution in [1.29, 1.82) is 0 Å². The van der Waals surface area contributed by atoms with Gasteiger partial charge in [-0.15, -0.1) is 0 Å². The predicted molar refractivity (Wildman–Crippen MR) is 86.2 cm³/mol. The molecule has 0 amide bonds. The number of carboxylic acids is 1. The van der Waals surface area contributed by atoms with Crippen molar-refractivity contribution in [3.8, 4) is 17.2 Å². The number of halogens is 3. The third-order valence-electron chi connectivity index (χ3n) is 3.99. The molecular formula is C18H16F3NO4. The molecular weight excluding hydrogens is 351 g/mol. The summed E-state index contributed by atoms with van der Waals surface area (Å²) in [6, 6.07) is 10.5. The predicted octanol–water partition coefficient (Wildman–Crippen LogP) is 4.04. The van der Waals surface area contributed by atoms with E-state index in [9.17, 15) is 23.1 Å². The second kappa shape index (κ2) is 6.87. The van der Waals surface area contributed by atoms with Gasteiger partial charge in [0.2, 0.25) is 0 Å². The van der Waals surface area contributed by atoms with Gasteiger partial charge in [-0.2, -0.15) is 13.2 Å². The first-order valence-electron chi connectivity index (χ1n) is 7.91. The first kappa shape index (κ1) is 18.1. The number of rotatable bonds is 5. The first-order valence-corrected chi connectivity index (χ1v) is 7.91. The molecule has 0 spiro atoms. The van der Waals surface area contributed by atoms with Crippen molar-refractivity contribution in [2.75, 3.05) is 6.54 Å². The molecule has 1 atom stereocenters. The Bertz CT molecular complexity index is 767. The quantitative estimate of drug-likeness (QED) is 0.835. The number of hydrogen-bond donors (Lipinski definition) is 2. The van der Waals surface area contributed by atoms with E-state index in [1.54, 1.807) is 24.3 Å². The summed E-state index contributed by atoms with van der Waals surface area (Å²) in [7, 11) is 0. The molecule has 0 saturated carbocycles. The van der Waals surface area contributed by atoms with Gasteiger partial charge in [-0.1, -0.05) is 0 Å². The molecule has 2 N–H and O–H groups in total. The largest absolute Gasteiger partial charge is 0.477 e. The Morgan fingerprint density at radius 3 is 2.00 bits per heavy atom. The summed E-state index contributed by atoms with van der Waals surface area (Å²) in [4.78, 5) is 11.4. The van der Waals surface area contributed by atoms with Gasteiger partial charge in [0.1, 0.15) is 17.2 Å². The van der Waals surface area contributed by atoms with Crippen molar-refractivity contribution in [3.63, 3.8) is 0 Å². The van der Waals surface area contributed by atoms with E-state index in [1.165, 1.54) is 12.1 Å². The van der Waals surface area contributed by atoms with Gasteiger partial charge in [-0.25, -0.2) is 4.79 Å². The van der Waals surface area contributed by atoms with Crippen molar-refractivity contribution in [2.24, 2.45) is 0 Å². The minimum Gasteiger partial charge on any atom is -0.477 e. The van der Waals surface area contributed by atoms with Crippen molar-refractivity contribution >= 4 is 5.97 Å². The van der Waals surface area contributed by atoms with Crippen LogP contribution in [0.15, 0.2) is 48.5 Å². The van der Waals surface area contributed by atoms with Crippen LogP contribution in [0.25, 0.3) is 0 Å². The van der Waals surface area contributed by atoms with Crippen LogP contribution in [0.4, 0.5) is 13.2 Å². The van der Waals surface area contributed by atoms with Gasteiger partial charge in [-0.05, 0) is 61.5 Å². The number of ether oxygens (including phenoxy) is 2. The lowest BCUT2D eigenvalue weighted by Gasteiger charge is -2.25. The van der Waals surface area contributed by atoms with Crippen molar-refractivity contribution in [3.05, 3.63) is 54.1 Å². The summed E-state index contributed by atoms with van der Waals surface area (Å²) in [5.74, 6) is -0.0892. The molecule has 1 saturated heterocycles. The molecule has 0 aliphatic carbocycles. The van der Waals surface area contributed by atoms with Crippen LogP contribution in [-0.2, 0) is 11.0 Å². The van der Waals surface area contributed by atoms with Crippen LogP contribution in [-0.4, -0.2) is 23.3 Å². The fraction of sp³-hybridized carbons (Fsp3) is 0.278. The zero-order valence-electron chi connectivity index (χ0n) is 13.5. The molecule has 3 rings (SSSR count). The number of benzene rings is 2. The number of aliphatic carboxylic acids is 1. The molecule has 1 aliphatic rings. The molecule has 1 fully saturated rings. The highest BCUT2D eigenvalue weighted by atomic mass is 19.4. The van der Waals surface area contributed by atoms with E-state index in [0.29, 0.717) is 30.9 Å². The SMILES string of the molecule is O=C(O)[C@]1(Oc2ccc(Oc3ccc(C(F)(F)F)cc3)cc2)CCCN1. The van der Waals surface area contributed by atoms with E-state index >= 15 is 0 Å². The highest BCUT2D eigenvalue weighted by Crippen LogP contribution is 2.32. The average molecular weight is 367 g/mol. The number of carbonyl (C=O) groups is 1. The summed E-state index contributed by atoms with van der Waals surface area (Å²) in [6.07, 6.45) is -3.35. The molecule has 138 valence electrons. The number of carboxylic acid groups (broad SMARTS) is 1. The van der Waals surface area contributed by atoms with Crippen molar-refractivity contribution in [1.82, 2.24) is 5.32 Å². The maximum absolute atomic E-state index is 12.5. The van der Waals surface area contributed by atoms with Gasteiger partial charge < -0.3 is 14.6 Å². The Hall–Kier alpha value is -2.74. The Labute approximate surface area is 147 Å². The lowest BCUT2D eigenvalue weighted by molar-refractivity contribution is -0.157. The maximum atomic E-state index is 12.5. The smallest absolute Gasteiger partial charge is 0.416 e. The third kappa shape index (κ3) is 3.91. The van der Waals surface area contributed by atoms with Crippen LogP contribution in [0, 0.1) is 0 Å². The zero-order chi connectivity index (χ0) is 18.8. The summed E-state index contributed by atoms with van der Waals surface area (Å²) < 4.78 is 48.7. The molecule has 2 aromatic rings. The molecule has 0 radical (unpaired) electrons. The van der Waals surface area contributed by atoms with E-state index in [-0.39, 0.29) is 5.75 Å². The molecule has 2 aromatic carbocycles. The highest BCUT2D eigenvalue weighted by molar-refractivity contribution is 5.77. The Balaban J connectivity index is 1.67. The number of nitrogens with one attached hydrogen (secondary N) is 1. The van der Waals surface area contributed by atoms with Crippen LogP contribution in [0.3, 0.4) is 0 Å². The minimum atomic E-state index is -4.40. The third-order valence-corrected chi connectivity index (χ3v) is 3.99. The molecule has 1 aliphatic heterocycles. The fourth-order valence-electron chi connectivity index (χ4n) is 2.65. The second-order valence-corrected chi connectivity index (χ2v) is 5.86. The molecule has 0 unspecified atom stereocenters. The maximum Gasteiger partial charge on any atom is 0.416 e. The molecule has 26 heavy (non-hydrogen) atoms. The highest BCUT2D eigenvalue weighted by Gasteiger charge is 2.43. The van der Waals surface area contributed by atoms with Crippen LogP contribution in [0.2, 0.25) is 0 Å². The van der Waals surface area contributed by atoms with Crippen LogP contribution < -0.4 is 14.8 Å². The van der Waals surface area contributed by atoms with Gasteiger partial charge in [0.25, 0.3) is 5.72 Å². The van der Waals surface area contributed by atoms with Crippen LogP contribution in [0.5, 0.6) is 17.2 Å². The van der Waals surface area contributed by atoms with Gasteiger partial charge in [0.15, 0.2) is 0 Å². The van der Waals surface area contributed by atoms with E-state index < -0.39 is 23.4 Å². The topological polar surface area (TPSA) is 67.8 Å². The molecule has 1 heterocycles. The van der Waals surface area contributed by atoms with Gasteiger partial charge in [-0.3, -0.25) is 5.32 Å². The molecule has 0 aromatic heterocycles. The van der Waals surface area contributed by atoms with Gasteiger partial charge >= 0.3 is 12.1 Å². The lowest BCUT2D eigenvalue weighted by atomic mass is 10.1. The number of alkyl halides is 3. The van der Waals surface area contributed by atoms with Crippen LogP contribution >= 0.6 is 0 Å². The standard InChI is InChI=1S/C18H16F3NO4/c19-18(20,21)12-2-4-13(5-3-12)25-14-6-8-15(9-7-14)26-17(16(23)24)10-1-11-22-17/h2-9,22H,1,10-11H2,(H,23,24)/t17-/m1/s1. The fourth-order valence-corrected chi connectivity index (χ4v) is 2.65. The number of hydrogen-bond acceptors (Lipinski definition) is 4. The van der Waals surface area contributed by atoms with E-state index in [0.717, 1.165) is 12.1 Å². The Kier molecular flexibility index (Phi) is 4.78. The van der Waals surface area contributed by atoms with Crippen LogP contribution in [0.1, 0.15) is 18.4 Å². The van der Waals surface area contributed by atoms with E-state index in [2.05, 4.69) is 5.32 Å². The summed E-state index contributed by atoms with van der Waals surface area (Å²) in [6.45, 7) is 0.557. The normalized spacial score (nSPS) is 20.0. The molecule has 5 nitrogen and oxygen atoms in total. The van der Waals surface area contributed by atoms with Gasteiger partial charge in [0, 0.05) is 6.42 Å². The minimum absolute atomic E-state index is 0.256. The second-order valence-electron chi connectivity index (χ2n) is 5.86. The summed E-state index contributed by atoms with van der Waals surface area (Å²) >= 11 is 0. The van der Waals surface area contributed by atoms with Crippen molar-refractivity contribution < 1.29 is 32.5 Å². The Morgan fingerprint density at radius 2 is 1.54 bits per heavy atom. The molecule has 0 bridgehead atoms. The van der Waals surface area contributed by atoms with E-state index in [4.69, 9.17) is 9.47 Å². The van der Waals surface area contributed by atoms with Crippen molar-refractivity contribution in [2.45, 2.75) is 24.7 Å². The summed E-state index contributed by atoms with van der Waals surface area (Å²) in [5, 5.41) is 12.2. The first-order chi connectivity index (χ1) is 12.3. The van der Waals surface area contributed by atoms with Gasteiger partial charge in [0.05, 0.1) is 5.56 Å². The monoisotopic (exact) mass is 367 g/mol. The summed E-state index contributed by atoms with van der Waals surface area (Å²) in [5.41, 5.74) is -2.19. The average Bonchev–Trinajstić information content (AvgIpc) is 3.06. The lowest BCUT2D eigenvalue weighted by Crippen LogP contribution is -2.52. The van der Waals surface area contributed by atoms with E-state index in [1.807, 2.05) is 0 Å². The molecule has 8 heteroatoms. The Morgan fingerprint density at radius 1 is 1.00 bits per heavy atom. The zero-order valence-corrected chi connectivity index (χ0v) is 13.5.